The predicted octanol–water partition coefficient (Wildman–Crippen LogP) is 3.95. The number of hydrogen-bond acceptors (Lipinski definition) is 7. The van der Waals surface area contributed by atoms with Gasteiger partial charge in [-0.15, -0.1) is 0 Å². The summed E-state index contributed by atoms with van der Waals surface area (Å²) in [6.45, 7) is 25.4. The van der Waals surface area contributed by atoms with Crippen LogP contribution in [0.25, 0.3) is 0 Å². The van der Waals surface area contributed by atoms with Crippen LogP contribution >= 0.6 is 0 Å². The van der Waals surface area contributed by atoms with Crippen molar-refractivity contribution in [2.24, 2.45) is 0 Å². The molecular weight excluding hydrogens is 395 g/mol. The Hall–Kier alpha value is -0.0852. The fourth-order valence-corrected chi connectivity index (χ4v) is 3.73. The highest BCUT2D eigenvalue weighted by atomic mass is 16.7. The summed E-state index contributed by atoms with van der Waals surface area (Å²) in [7, 11) is -1.35. The Labute approximate surface area is 190 Å². The summed E-state index contributed by atoms with van der Waals surface area (Å²) in [6.07, 6.45) is 1.59. The van der Waals surface area contributed by atoms with Gasteiger partial charge in [0.15, 0.2) is 0 Å². The van der Waals surface area contributed by atoms with Crippen molar-refractivity contribution in [2.45, 2.75) is 129 Å². The summed E-state index contributed by atoms with van der Waals surface area (Å²) in [6, 6.07) is 0. The third-order valence-electron chi connectivity index (χ3n) is 8.18. The van der Waals surface area contributed by atoms with Gasteiger partial charge in [0, 0.05) is 0 Å². The largest absolute Gasteiger partial charge is 0.551 e. The van der Waals surface area contributed by atoms with Gasteiger partial charge in [0.2, 0.25) is 0 Å². The SMILES string of the molecule is CC1(C)OB(CCCN(B2OC(C)(C)C(C)(C)O2)B2OC(C)(C)C(C)(C)O2)OC1(C)C. The zero-order valence-corrected chi connectivity index (χ0v) is 21.8. The second-order valence-corrected chi connectivity index (χ2v) is 12.2. The lowest BCUT2D eigenvalue weighted by molar-refractivity contribution is 0.00578. The van der Waals surface area contributed by atoms with Crippen molar-refractivity contribution in [2.75, 3.05) is 6.54 Å². The lowest BCUT2D eigenvalue weighted by Gasteiger charge is -2.32. The fourth-order valence-electron chi connectivity index (χ4n) is 3.73. The molecule has 3 saturated heterocycles. The van der Waals surface area contributed by atoms with Gasteiger partial charge in [-0.3, -0.25) is 4.72 Å². The van der Waals surface area contributed by atoms with Crippen LogP contribution in [-0.4, -0.2) is 66.5 Å². The lowest BCUT2D eigenvalue weighted by Crippen LogP contribution is -2.53. The summed E-state index contributed by atoms with van der Waals surface area (Å²) in [5.41, 5.74) is -2.41. The van der Waals surface area contributed by atoms with Crippen molar-refractivity contribution in [1.29, 1.82) is 0 Å². The normalized spacial score (nSPS) is 29.9. The van der Waals surface area contributed by atoms with Crippen LogP contribution in [0.2, 0.25) is 6.32 Å². The monoisotopic (exact) mass is 437 g/mol. The van der Waals surface area contributed by atoms with E-state index in [-0.39, 0.29) is 18.3 Å². The lowest BCUT2D eigenvalue weighted by atomic mass is 9.81. The molecule has 0 aromatic rings. The smallest absolute Gasteiger partial charge is 0.403 e. The molecule has 3 heterocycles. The van der Waals surface area contributed by atoms with Gasteiger partial charge >= 0.3 is 21.6 Å². The van der Waals surface area contributed by atoms with Crippen molar-refractivity contribution in [1.82, 2.24) is 4.72 Å². The molecule has 0 spiro atoms. The van der Waals surface area contributed by atoms with E-state index in [9.17, 15) is 0 Å². The van der Waals surface area contributed by atoms with Crippen molar-refractivity contribution >= 4 is 21.6 Å². The minimum absolute atomic E-state index is 0.233. The average molecular weight is 437 g/mol. The quantitative estimate of drug-likeness (QED) is 0.584. The van der Waals surface area contributed by atoms with E-state index in [2.05, 4.69) is 83.1 Å². The van der Waals surface area contributed by atoms with Gasteiger partial charge in [0.1, 0.15) is 0 Å². The highest BCUT2D eigenvalue weighted by molar-refractivity contribution is 6.60. The Morgan fingerprint density at radius 2 is 0.774 bits per heavy atom. The third-order valence-corrected chi connectivity index (χ3v) is 8.18. The molecule has 0 radical (unpaired) electrons. The molecule has 0 unspecified atom stereocenters. The molecule has 0 N–H and O–H groups in total. The molecule has 3 aliphatic heterocycles. The Bertz CT molecular complexity index is 598. The summed E-state index contributed by atoms with van der Waals surface area (Å²) < 4.78 is 39.7. The zero-order valence-electron chi connectivity index (χ0n) is 21.8. The van der Waals surface area contributed by atoms with Crippen LogP contribution in [0.1, 0.15) is 89.5 Å². The molecule has 0 aliphatic carbocycles. The second-order valence-electron chi connectivity index (χ2n) is 12.2. The maximum absolute atomic E-state index is 6.34. The molecule has 0 bridgehead atoms. The van der Waals surface area contributed by atoms with Gasteiger partial charge in [-0.1, -0.05) is 0 Å². The highest BCUT2D eigenvalue weighted by Crippen LogP contribution is 2.42. The van der Waals surface area contributed by atoms with Crippen LogP contribution in [0, 0.1) is 0 Å². The molecule has 10 heteroatoms. The third kappa shape index (κ3) is 4.64. The average Bonchev–Trinajstić information content (AvgIpc) is 2.98. The van der Waals surface area contributed by atoms with Gasteiger partial charge in [0.05, 0.1) is 33.6 Å². The van der Waals surface area contributed by atoms with E-state index in [1.54, 1.807) is 0 Å². The molecule has 3 aliphatic rings. The van der Waals surface area contributed by atoms with Gasteiger partial charge in [-0.05, 0) is 102 Å². The van der Waals surface area contributed by atoms with E-state index in [0.717, 1.165) is 12.7 Å². The summed E-state index contributed by atoms with van der Waals surface area (Å²) in [4.78, 5) is 0. The van der Waals surface area contributed by atoms with Crippen molar-refractivity contribution in [3.63, 3.8) is 0 Å². The molecule has 0 aromatic carbocycles. The molecule has 0 amide bonds. The number of rotatable bonds is 6. The van der Waals surface area contributed by atoms with Crippen molar-refractivity contribution in [3.05, 3.63) is 0 Å². The standard InChI is InChI=1S/C21H42B3NO6/c1-16(2)17(3,4)27-22(26-16)14-13-15-25(23-28-18(5,6)19(7,8)29-23)24-30-20(9,10)21(11,12)31-24/h13-15H2,1-12H3. The van der Waals surface area contributed by atoms with Crippen LogP contribution < -0.4 is 0 Å². The van der Waals surface area contributed by atoms with Gasteiger partial charge in [-0.25, -0.2) is 0 Å². The number of hydrogen-bond donors (Lipinski definition) is 0. The molecule has 176 valence electrons. The molecule has 31 heavy (non-hydrogen) atoms. The first-order valence-corrected chi connectivity index (χ1v) is 11.6. The first-order valence-electron chi connectivity index (χ1n) is 11.6. The zero-order chi connectivity index (χ0) is 23.7. The van der Waals surface area contributed by atoms with Crippen molar-refractivity contribution in [3.8, 4) is 0 Å². The maximum Gasteiger partial charge on any atom is 0.551 e. The first-order chi connectivity index (χ1) is 13.8. The minimum Gasteiger partial charge on any atom is -0.403 e. The van der Waals surface area contributed by atoms with Gasteiger partial charge in [0.25, 0.3) is 0 Å². The molecule has 3 rings (SSSR count). The Balaban J connectivity index is 1.71. The Kier molecular flexibility index (Phi) is 6.36. The summed E-state index contributed by atoms with van der Waals surface area (Å²) in [5.74, 6) is 0. The number of nitrogens with zero attached hydrogens (tertiary/aromatic N) is 1. The van der Waals surface area contributed by atoms with E-state index in [0.29, 0.717) is 6.54 Å². The van der Waals surface area contributed by atoms with Crippen LogP contribution in [0.4, 0.5) is 0 Å². The van der Waals surface area contributed by atoms with Crippen molar-refractivity contribution < 1.29 is 27.9 Å². The predicted molar refractivity (Wildman–Crippen MR) is 124 cm³/mol. The van der Waals surface area contributed by atoms with E-state index in [4.69, 9.17) is 27.9 Å². The molecule has 0 atom stereocenters. The van der Waals surface area contributed by atoms with Crippen LogP contribution in [0.5, 0.6) is 0 Å². The molecule has 7 nitrogen and oxygen atoms in total. The molecule has 0 aromatic heterocycles. The topological polar surface area (TPSA) is 58.6 Å². The highest BCUT2D eigenvalue weighted by Gasteiger charge is 2.61. The second kappa shape index (κ2) is 7.72. The van der Waals surface area contributed by atoms with E-state index in [1.165, 1.54) is 0 Å². The van der Waals surface area contributed by atoms with E-state index in [1.807, 2.05) is 4.72 Å². The Morgan fingerprint density at radius 1 is 0.484 bits per heavy atom. The van der Waals surface area contributed by atoms with Gasteiger partial charge in [-0.2, -0.15) is 0 Å². The van der Waals surface area contributed by atoms with Gasteiger partial charge < -0.3 is 27.9 Å². The van der Waals surface area contributed by atoms with Crippen LogP contribution in [-0.2, 0) is 27.9 Å². The van der Waals surface area contributed by atoms with E-state index >= 15 is 0 Å². The maximum atomic E-state index is 6.34. The molecule has 0 saturated carbocycles. The molecular formula is C21H42B3NO6. The van der Waals surface area contributed by atoms with Crippen LogP contribution in [0.15, 0.2) is 0 Å². The van der Waals surface area contributed by atoms with E-state index < -0.39 is 36.9 Å². The Morgan fingerprint density at radius 3 is 1.10 bits per heavy atom. The first kappa shape index (κ1) is 25.5. The summed E-state index contributed by atoms with van der Waals surface area (Å²) in [5, 5.41) is 0. The van der Waals surface area contributed by atoms with Crippen LogP contribution in [0.3, 0.4) is 0 Å². The fraction of sp³-hybridized carbons (Fsp3) is 1.00. The molecule has 3 fully saturated rings. The summed E-state index contributed by atoms with van der Waals surface area (Å²) >= 11 is 0. The minimum atomic E-state index is -0.557.